The molecule has 7 nitrogen and oxygen atoms in total. The highest BCUT2D eigenvalue weighted by Gasteiger charge is 2.42. The molecule has 0 amide bonds. The first kappa shape index (κ1) is 28.9. The Morgan fingerprint density at radius 3 is 2.49 bits per heavy atom. The first-order chi connectivity index (χ1) is 18.2. The van der Waals surface area contributed by atoms with Crippen molar-refractivity contribution in [1.29, 1.82) is 0 Å². The molecule has 0 unspecified atom stereocenters. The third kappa shape index (κ3) is 7.32. The number of aromatic nitrogens is 2. The summed E-state index contributed by atoms with van der Waals surface area (Å²) in [5.74, 6) is -5.13. The van der Waals surface area contributed by atoms with Crippen LogP contribution in [0.15, 0.2) is 33.3 Å². The topological polar surface area (TPSA) is 106 Å². The number of hydrogen-bond donors (Lipinski definition) is 1. The lowest BCUT2D eigenvalue weighted by atomic mass is 9.87. The van der Waals surface area contributed by atoms with Gasteiger partial charge < -0.3 is 14.2 Å². The molecule has 1 aliphatic carbocycles. The van der Waals surface area contributed by atoms with Gasteiger partial charge in [0.25, 0.3) is 0 Å². The zero-order valence-electron chi connectivity index (χ0n) is 22.5. The van der Waals surface area contributed by atoms with Gasteiger partial charge >= 0.3 is 11.9 Å². The monoisotopic (exact) mass is 562 g/mol. The molecular weight excluding hydrogens is 530 g/mol. The molecule has 3 aromatic rings. The Morgan fingerprint density at radius 2 is 1.87 bits per heavy atom. The number of ketones is 1. The van der Waals surface area contributed by atoms with Crippen molar-refractivity contribution in [2.45, 2.75) is 90.4 Å². The van der Waals surface area contributed by atoms with Crippen LogP contribution in [0.5, 0.6) is 0 Å². The van der Waals surface area contributed by atoms with E-state index in [0.29, 0.717) is 21.8 Å². The molecule has 1 aliphatic rings. The smallest absolute Gasteiger partial charge is 0.307 e. The van der Waals surface area contributed by atoms with Crippen molar-refractivity contribution in [3.63, 3.8) is 0 Å². The van der Waals surface area contributed by atoms with Crippen molar-refractivity contribution in [2.24, 2.45) is 5.41 Å². The maximum atomic E-state index is 14.9. The maximum absolute atomic E-state index is 14.9. The Labute approximate surface area is 230 Å². The van der Waals surface area contributed by atoms with Gasteiger partial charge in [-0.15, -0.1) is 0 Å². The van der Waals surface area contributed by atoms with Crippen molar-refractivity contribution >= 4 is 23.4 Å². The third-order valence-corrected chi connectivity index (χ3v) is 7.11. The Bertz CT molecular complexity index is 1350. The first-order valence-electron chi connectivity index (χ1n) is 13.1. The summed E-state index contributed by atoms with van der Waals surface area (Å²) in [5.41, 5.74) is 2.30. The Balaban J connectivity index is 1.62. The van der Waals surface area contributed by atoms with E-state index in [1.165, 1.54) is 6.07 Å². The molecule has 1 aromatic carbocycles. The normalized spacial score (nSPS) is 14.9. The summed E-state index contributed by atoms with van der Waals surface area (Å²) in [6, 6.07) is 6.66. The summed E-state index contributed by atoms with van der Waals surface area (Å²) in [5, 5.41) is 17.9. The fourth-order valence-electron chi connectivity index (χ4n) is 4.85. The number of alkyl halides is 2. The number of carboxylic acids is 1. The van der Waals surface area contributed by atoms with Crippen molar-refractivity contribution in [2.75, 3.05) is 0 Å². The van der Waals surface area contributed by atoms with Crippen LogP contribution in [-0.2, 0) is 21.9 Å². The fraction of sp³-hybridized carbons (Fsp3) is 0.517. The quantitative estimate of drug-likeness (QED) is 0.239. The second-order valence-corrected chi connectivity index (χ2v) is 12.2. The molecule has 0 spiro atoms. The molecule has 0 saturated heterocycles. The molecule has 1 atom stereocenters. The van der Waals surface area contributed by atoms with Gasteiger partial charge in [-0.3, -0.25) is 9.59 Å². The van der Waals surface area contributed by atoms with Crippen molar-refractivity contribution in [3.05, 3.63) is 57.4 Å². The van der Waals surface area contributed by atoms with Crippen LogP contribution >= 0.6 is 11.6 Å². The number of carbonyl (C=O) groups is 2. The SMILES string of the molecule is Cc1ccc(CC(=O)C[C@H](CCC(=O)O)c2noc(-c3cc(C(F)(F)CC(C)(C)C)on3)c2C2CC2)c(Cl)c1. The molecule has 1 fully saturated rings. The van der Waals surface area contributed by atoms with E-state index in [0.717, 1.165) is 18.4 Å². The minimum absolute atomic E-state index is 0.0386. The number of hydrogen-bond acceptors (Lipinski definition) is 6. The molecule has 0 aliphatic heterocycles. The molecule has 0 bridgehead atoms. The van der Waals surface area contributed by atoms with Gasteiger partial charge in [-0.25, -0.2) is 0 Å². The Hall–Kier alpha value is -3.07. The number of halogens is 3. The zero-order chi connectivity index (χ0) is 28.5. The van der Waals surface area contributed by atoms with Crippen LogP contribution in [0.1, 0.15) is 99.3 Å². The number of rotatable bonds is 12. The molecular formula is C29H33ClF2N2O5. The lowest BCUT2D eigenvalue weighted by molar-refractivity contribution is -0.137. The molecule has 1 N–H and O–H groups in total. The molecule has 39 heavy (non-hydrogen) atoms. The summed E-state index contributed by atoms with van der Waals surface area (Å²) < 4.78 is 40.4. The van der Waals surface area contributed by atoms with E-state index in [-0.39, 0.29) is 48.8 Å². The van der Waals surface area contributed by atoms with Crippen LogP contribution in [0.3, 0.4) is 0 Å². The van der Waals surface area contributed by atoms with Gasteiger partial charge in [-0.05, 0) is 54.7 Å². The van der Waals surface area contributed by atoms with Gasteiger partial charge in [0.1, 0.15) is 5.78 Å². The van der Waals surface area contributed by atoms with Crippen LogP contribution in [0.25, 0.3) is 11.5 Å². The van der Waals surface area contributed by atoms with E-state index in [4.69, 9.17) is 20.6 Å². The molecule has 10 heteroatoms. The average Bonchev–Trinajstić information content (AvgIpc) is 3.34. The van der Waals surface area contributed by atoms with E-state index in [2.05, 4.69) is 10.3 Å². The number of Topliss-reactive ketones (excluding diaryl/α,β-unsaturated/α-hetero) is 1. The van der Waals surface area contributed by atoms with E-state index < -0.39 is 35.4 Å². The third-order valence-electron chi connectivity index (χ3n) is 6.76. The molecule has 2 aromatic heterocycles. The van der Waals surface area contributed by atoms with Gasteiger partial charge in [0.05, 0.1) is 5.69 Å². The number of aliphatic carboxylic acids is 1. The predicted molar refractivity (Wildman–Crippen MR) is 141 cm³/mol. The summed E-state index contributed by atoms with van der Waals surface area (Å²) in [7, 11) is 0. The summed E-state index contributed by atoms with van der Waals surface area (Å²) in [4.78, 5) is 24.5. The van der Waals surface area contributed by atoms with Gasteiger partial charge in [0, 0.05) is 48.3 Å². The van der Waals surface area contributed by atoms with Crippen LogP contribution < -0.4 is 0 Å². The highest BCUT2D eigenvalue weighted by Crippen LogP contribution is 2.49. The fourth-order valence-corrected chi connectivity index (χ4v) is 5.15. The highest BCUT2D eigenvalue weighted by molar-refractivity contribution is 6.31. The molecule has 1 saturated carbocycles. The minimum atomic E-state index is -3.22. The van der Waals surface area contributed by atoms with Crippen LogP contribution in [0, 0.1) is 12.3 Å². The second kappa shape index (κ2) is 11.2. The van der Waals surface area contributed by atoms with Gasteiger partial charge in [-0.1, -0.05) is 54.8 Å². The lowest BCUT2D eigenvalue weighted by Gasteiger charge is -2.23. The van der Waals surface area contributed by atoms with Crippen molar-refractivity contribution in [3.8, 4) is 11.5 Å². The largest absolute Gasteiger partial charge is 0.481 e. The summed E-state index contributed by atoms with van der Waals surface area (Å²) in [6.45, 7) is 7.07. The Morgan fingerprint density at radius 1 is 1.15 bits per heavy atom. The summed E-state index contributed by atoms with van der Waals surface area (Å²) in [6.07, 6.45) is 1.40. The van der Waals surface area contributed by atoms with Crippen LogP contribution in [0.2, 0.25) is 5.02 Å². The number of benzene rings is 1. The van der Waals surface area contributed by atoms with E-state index in [9.17, 15) is 23.5 Å². The predicted octanol–water partition coefficient (Wildman–Crippen LogP) is 7.85. The molecule has 0 radical (unpaired) electrons. The Kier molecular flexibility index (Phi) is 8.30. The van der Waals surface area contributed by atoms with E-state index in [1.54, 1.807) is 26.8 Å². The van der Waals surface area contributed by atoms with Gasteiger partial charge in [0.2, 0.25) is 5.76 Å². The summed E-state index contributed by atoms with van der Waals surface area (Å²) >= 11 is 6.32. The van der Waals surface area contributed by atoms with Gasteiger partial charge in [0.15, 0.2) is 11.5 Å². The first-order valence-corrected chi connectivity index (χ1v) is 13.4. The van der Waals surface area contributed by atoms with Crippen LogP contribution in [-0.4, -0.2) is 27.2 Å². The number of carboxylic acid groups (broad SMARTS) is 1. The number of carbonyl (C=O) groups excluding carboxylic acids is 1. The lowest BCUT2D eigenvalue weighted by Crippen LogP contribution is -2.21. The minimum Gasteiger partial charge on any atom is -0.481 e. The van der Waals surface area contributed by atoms with Crippen molar-refractivity contribution < 1.29 is 32.5 Å². The molecule has 210 valence electrons. The maximum Gasteiger partial charge on any atom is 0.307 e. The van der Waals surface area contributed by atoms with E-state index in [1.807, 2.05) is 19.1 Å². The molecule has 4 rings (SSSR count). The highest BCUT2D eigenvalue weighted by atomic mass is 35.5. The number of aryl methyl sites for hydroxylation is 1. The second-order valence-electron chi connectivity index (χ2n) is 11.7. The van der Waals surface area contributed by atoms with Gasteiger partial charge in [-0.2, -0.15) is 8.78 Å². The van der Waals surface area contributed by atoms with Crippen molar-refractivity contribution in [1.82, 2.24) is 10.3 Å². The van der Waals surface area contributed by atoms with E-state index >= 15 is 0 Å². The average molecular weight is 563 g/mol. The molecule has 2 heterocycles. The van der Waals surface area contributed by atoms with Crippen LogP contribution in [0.4, 0.5) is 8.78 Å². The zero-order valence-corrected chi connectivity index (χ0v) is 23.3. The standard InChI is InChI=1S/C29H33ClF2N2O5/c1-16-5-6-18(21(30)11-16)12-20(35)13-19(9-10-24(36)37)26-25(17-7-8-17)27(39-34-26)22-14-23(38-33-22)29(31,32)15-28(2,3)4/h5-6,11,14,17,19H,7-10,12-13,15H2,1-4H3,(H,36,37)/t19-/m0/s1. The number of nitrogens with zero attached hydrogens (tertiary/aromatic N) is 2.